The summed E-state index contributed by atoms with van der Waals surface area (Å²) in [5.74, 6) is -0.158. The number of anilines is 1. The summed E-state index contributed by atoms with van der Waals surface area (Å²) < 4.78 is 17.9. The number of ether oxygens (including phenoxy) is 1. The number of methoxy groups -OCH3 is 1. The summed E-state index contributed by atoms with van der Waals surface area (Å²) in [4.78, 5) is 11.6. The molecule has 0 heterocycles. The van der Waals surface area contributed by atoms with Gasteiger partial charge >= 0.3 is 0 Å². The van der Waals surface area contributed by atoms with E-state index in [1.165, 1.54) is 12.1 Å². The Bertz CT molecular complexity index is 582. The van der Waals surface area contributed by atoms with Gasteiger partial charge in [0.15, 0.2) is 0 Å². The quantitative estimate of drug-likeness (QED) is 0.880. The number of carbonyl (C=O) groups is 1. The van der Waals surface area contributed by atoms with Crippen LogP contribution in [0.2, 0.25) is 0 Å². The number of hydrogen-bond donors (Lipinski definition) is 2. The SMILES string of the molecule is COc1ccc(C(Nc2ccc(F)cc2)C(N)=O)cc1. The zero-order chi connectivity index (χ0) is 14.5. The lowest BCUT2D eigenvalue weighted by atomic mass is 10.1. The Morgan fingerprint density at radius 1 is 1.15 bits per heavy atom. The molecule has 2 rings (SSSR count). The lowest BCUT2D eigenvalue weighted by Gasteiger charge is -2.17. The van der Waals surface area contributed by atoms with Gasteiger partial charge in [0.1, 0.15) is 17.6 Å². The van der Waals surface area contributed by atoms with Crippen molar-refractivity contribution >= 4 is 11.6 Å². The molecule has 1 atom stereocenters. The highest BCUT2D eigenvalue weighted by Crippen LogP contribution is 2.22. The molecule has 0 aliphatic carbocycles. The molecule has 0 saturated heterocycles. The third kappa shape index (κ3) is 3.26. The number of halogens is 1. The van der Waals surface area contributed by atoms with Crippen LogP contribution >= 0.6 is 0 Å². The molecule has 2 aromatic rings. The molecule has 0 radical (unpaired) electrons. The second kappa shape index (κ2) is 6.06. The molecule has 1 unspecified atom stereocenters. The van der Waals surface area contributed by atoms with Crippen molar-refractivity contribution in [3.05, 3.63) is 59.9 Å². The monoisotopic (exact) mass is 274 g/mol. The van der Waals surface area contributed by atoms with E-state index in [1.54, 1.807) is 43.5 Å². The maximum absolute atomic E-state index is 12.9. The van der Waals surface area contributed by atoms with Crippen molar-refractivity contribution in [1.29, 1.82) is 0 Å². The number of amides is 1. The molecule has 0 aliphatic heterocycles. The van der Waals surface area contributed by atoms with Crippen molar-refractivity contribution < 1.29 is 13.9 Å². The average Bonchev–Trinajstić information content (AvgIpc) is 2.46. The average molecular weight is 274 g/mol. The largest absolute Gasteiger partial charge is 0.497 e. The van der Waals surface area contributed by atoms with Gasteiger partial charge in [-0.3, -0.25) is 4.79 Å². The second-order valence-electron chi connectivity index (χ2n) is 4.26. The highest BCUT2D eigenvalue weighted by Gasteiger charge is 2.17. The number of benzene rings is 2. The molecule has 5 heteroatoms. The van der Waals surface area contributed by atoms with Gasteiger partial charge in [-0.2, -0.15) is 0 Å². The van der Waals surface area contributed by atoms with E-state index in [0.717, 1.165) is 0 Å². The maximum Gasteiger partial charge on any atom is 0.244 e. The minimum absolute atomic E-state index is 0.337. The van der Waals surface area contributed by atoms with E-state index >= 15 is 0 Å². The van der Waals surface area contributed by atoms with E-state index < -0.39 is 11.9 Å². The number of hydrogen-bond acceptors (Lipinski definition) is 3. The van der Waals surface area contributed by atoms with Gasteiger partial charge in [0, 0.05) is 5.69 Å². The number of nitrogens with one attached hydrogen (secondary N) is 1. The summed E-state index contributed by atoms with van der Waals surface area (Å²) in [6.07, 6.45) is 0. The molecular weight excluding hydrogens is 259 g/mol. The van der Waals surface area contributed by atoms with Crippen molar-refractivity contribution in [3.8, 4) is 5.75 Å². The van der Waals surface area contributed by atoms with Crippen molar-refractivity contribution in [2.45, 2.75) is 6.04 Å². The number of nitrogens with two attached hydrogens (primary N) is 1. The zero-order valence-electron chi connectivity index (χ0n) is 11.0. The standard InChI is InChI=1S/C15H15FN2O2/c1-20-13-8-2-10(3-9-13)14(15(17)19)18-12-6-4-11(16)5-7-12/h2-9,14,18H,1H3,(H2,17,19). The molecule has 4 nitrogen and oxygen atoms in total. The second-order valence-corrected chi connectivity index (χ2v) is 4.26. The molecule has 0 fully saturated rings. The van der Waals surface area contributed by atoms with E-state index in [-0.39, 0.29) is 5.82 Å². The fourth-order valence-corrected chi connectivity index (χ4v) is 1.83. The van der Waals surface area contributed by atoms with Crippen LogP contribution in [0.3, 0.4) is 0 Å². The summed E-state index contributed by atoms with van der Waals surface area (Å²) in [7, 11) is 1.57. The van der Waals surface area contributed by atoms with Gasteiger partial charge in [-0.1, -0.05) is 12.1 Å². The van der Waals surface area contributed by atoms with Crippen LogP contribution in [0.4, 0.5) is 10.1 Å². The lowest BCUT2D eigenvalue weighted by molar-refractivity contribution is -0.118. The van der Waals surface area contributed by atoms with Gasteiger partial charge in [0.25, 0.3) is 0 Å². The molecule has 0 bridgehead atoms. The van der Waals surface area contributed by atoms with Crippen LogP contribution in [0, 0.1) is 5.82 Å². The molecule has 3 N–H and O–H groups in total. The Labute approximate surface area is 116 Å². The fraction of sp³-hybridized carbons (Fsp3) is 0.133. The zero-order valence-corrected chi connectivity index (χ0v) is 11.0. The Kier molecular flexibility index (Phi) is 4.20. The molecule has 0 aromatic heterocycles. The van der Waals surface area contributed by atoms with Crippen LogP contribution in [0.1, 0.15) is 11.6 Å². The summed E-state index contributed by atoms with van der Waals surface area (Å²) in [5, 5.41) is 2.98. The van der Waals surface area contributed by atoms with Gasteiger partial charge in [-0.25, -0.2) is 4.39 Å². The van der Waals surface area contributed by atoms with Crippen LogP contribution in [0.25, 0.3) is 0 Å². The van der Waals surface area contributed by atoms with E-state index in [1.807, 2.05) is 0 Å². The van der Waals surface area contributed by atoms with Crippen molar-refractivity contribution in [1.82, 2.24) is 0 Å². The van der Waals surface area contributed by atoms with E-state index in [2.05, 4.69) is 5.32 Å². The van der Waals surface area contributed by atoms with Crippen LogP contribution in [0.15, 0.2) is 48.5 Å². The van der Waals surface area contributed by atoms with E-state index in [0.29, 0.717) is 17.0 Å². The van der Waals surface area contributed by atoms with Gasteiger partial charge in [-0.05, 0) is 42.0 Å². The van der Waals surface area contributed by atoms with E-state index in [9.17, 15) is 9.18 Å². The van der Waals surface area contributed by atoms with Crippen LogP contribution in [-0.2, 0) is 4.79 Å². The minimum atomic E-state index is -0.689. The predicted molar refractivity (Wildman–Crippen MR) is 75.0 cm³/mol. The van der Waals surface area contributed by atoms with Crippen LogP contribution < -0.4 is 15.8 Å². The van der Waals surface area contributed by atoms with Gasteiger partial charge in [-0.15, -0.1) is 0 Å². The van der Waals surface area contributed by atoms with Gasteiger partial charge in [0.05, 0.1) is 7.11 Å². The first kappa shape index (κ1) is 13.9. The first-order valence-electron chi connectivity index (χ1n) is 6.05. The normalized spacial score (nSPS) is 11.7. The number of rotatable bonds is 5. The fourth-order valence-electron chi connectivity index (χ4n) is 1.83. The third-order valence-electron chi connectivity index (χ3n) is 2.89. The molecule has 0 aliphatic rings. The molecule has 0 saturated carbocycles. The molecule has 20 heavy (non-hydrogen) atoms. The van der Waals surface area contributed by atoms with Crippen LogP contribution in [0.5, 0.6) is 5.75 Å². The van der Waals surface area contributed by atoms with E-state index in [4.69, 9.17) is 10.5 Å². The molecule has 1 amide bonds. The third-order valence-corrected chi connectivity index (χ3v) is 2.89. The first-order chi connectivity index (χ1) is 9.60. The summed E-state index contributed by atoms with van der Waals surface area (Å²) in [6, 6.07) is 12.0. The summed E-state index contributed by atoms with van der Waals surface area (Å²) >= 11 is 0. The predicted octanol–water partition coefficient (Wildman–Crippen LogP) is 2.47. The maximum atomic E-state index is 12.9. The number of primary amides is 1. The Hall–Kier alpha value is -2.56. The highest BCUT2D eigenvalue weighted by atomic mass is 19.1. The highest BCUT2D eigenvalue weighted by molar-refractivity contribution is 5.84. The first-order valence-corrected chi connectivity index (χ1v) is 6.05. The van der Waals surface area contributed by atoms with Crippen molar-refractivity contribution in [2.75, 3.05) is 12.4 Å². The molecule has 104 valence electrons. The summed E-state index contributed by atoms with van der Waals surface area (Å²) in [5.41, 5.74) is 6.74. The smallest absolute Gasteiger partial charge is 0.244 e. The topological polar surface area (TPSA) is 64.3 Å². The van der Waals surface area contributed by atoms with Crippen molar-refractivity contribution in [2.24, 2.45) is 5.73 Å². The molecule has 0 spiro atoms. The van der Waals surface area contributed by atoms with Gasteiger partial charge in [0.2, 0.25) is 5.91 Å². The Morgan fingerprint density at radius 3 is 2.25 bits per heavy atom. The van der Waals surface area contributed by atoms with Crippen molar-refractivity contribution in [3.63, 3.8) is 0 Å². The molecular formula is C15H15FN2O2. The van der Waals surface area contributed by atoms with Crippen LogP contribution in [-0.4, -0.2) is 13.0 Å². The summed E-state index contributed by atoms with van der Waals surface area (Å²) in [6.45, 7) is 0. The minimum Gasteiger partial charge on any atom is -0.497 e. The Morgan fingerprint density at radius 2 is 1.75 bits per heavy atom. The molecule has 2 aromatic carbocycles. The number of carbonyl (C=O) groups excluding carboxylic acids is 1. The lowest BCUT2D eigenvalue weighted by Crippen LogP contribution is -2.27. The van der Waals surface area contributed by atoms with Gasteiger partial charge < -0.3 is 15.8 Å². The Balaban J connectivity index is 2.22.